The summed E-state index contributed by atoms with van der Waals surface area (Å²) in [5.74, 6) is -0.849. The van der Waals surface area contributed by atoms with E-state index in [-0.39, 0.29) is 22.8 Å². The fourth-order valence-electron chi connectivity index (χ4n) is 0.958. The van der Waals surface area contributed by atoms with Crippen molar-refractivity contribution < 1.29 is 23.4 Å². The van der Waals surface area contributed by atoms with E-state index in [0.29, 0.717) is 0 Å². The maximum Gasteiger partial charge on any atom is 0.387 e. The van der Waals surface area contributed by atoms with Crippen LogP contribution in [0.25, 0.3) is 0 Å². The number of aromatic hydroxyl groups is 1. The number of alkyl halides is 2. The van der Waals surface area contributed by atoms with Crippen molar-refractivity contribution in [3.63, 3.8) is 0 Å². The fourth-order valence-corrected chi connectivity index (χ4v) is 0.958. The highest BCUT2D eigenvalue weighted by Gasteiger charge is 2.08. The van der Waals surface area contributed by atoms with Gasteiger partial charge in [-0.05, 0) is 19.1 Å². The van der Waals surface area contributed by atoms with Gasteiger partial charge >= 0.3 is 6.61 Å². The minimum Gasteiger partial charge on any atom is -0.508 e. The molecule has 0 unspecified atom stereocenters. The molecule has 1 aromatic carbocycles. The molecule has 0 aliphatic carbocycles. The van der Waals surface area contributed by atoms with Crippen LogP contribution in [0.15, 0.2) is 18.2 Å². The summed E-state index contributed by atoms with van der Waals surface area (Å²) in [4.78, 5) is 10.9. The molecular weight excluding hydrogens is 194 g/mol. The Balaban J connectivity index is 3.01. The lowest BCUT2D eigenvalue weighted by Crippen LogP contribution is -2.03. The van der Waals surface area contributed by atoms with Gasteiger partial charge in [-0.3, -0.25) is 4.79 Å². The van der Waals surface area contributed by atoms with E-state index in [1.807, 2.05) is 0 Å². The Hall–Kier alpha value is -1.65. The second kappa shape index (κ2) is 4.04. The molecule has 0 aromatic heterocycles. The first-order chi connectivity index (χ1) is 6.49. The molecule has 0 spiro atoms. The first kappa shape index (κ1) is 10.4. The summed E-state index contributed by atoms with van der Waals surface area (Å²) in [5, 5.41) is 9.08. The van der Waals surface area contributed by atoms with Crippen LogP contribution < -0.4 is 4.74 Å². The molecule has 0 aliphatic rings. The quantitative estimate of drug-likeness (QED) is 0.764. The van der Waals surface area contributed by atoms with Crippen LogP contribution in [0.4, 0.5) is 8.78 Å². The molecule has 0 fully saturated rings. The second-order valence-electron chi connectivity index (χ2n) is 2.65. The molecule has 0 saturated carbocycles. The molecule has 0 bridgehead atoms. The Morgan fingerprint density at radius 3 is 2.57 bits per heavy atom. The van der Waals surface area contributed by atoms with Crippen LogP contribution in [0.1, 0.15) is 17.3 Å². The molecule has 0 heterocycles. The lowest BCUT2D eigenvalue weighted by atomic mass is 10.1. The largest absolute Gasteiger partial charge is 0.508 e. The minimum absolute atomic E-state index is 0.126. The predicted octanol–water partition coefficient (Wildman–Crippen LogP) is 2.20. The molecular formula is C9H8F2O3. The van der Waals surface area contributed by atoms with E-state index in [1.54, 1.807) is 0 Å². The van der Waals surface area contributed by atoms with E-state index in [9.17, 15) is 13.6 Å². The van der Waals surface area contributed by atoms with Gasteiger partial charge in [0, 0.05) is 11.6 Å². The van der Waals surface area contributed by atoms with E-state index < -0.39 is 6.61 Å². The van der Waals surface area contributed by atoms with Crippen molar-refractivity contribution in [2.75, 3.05) is 0 Å². The maximum atomic E-state index is 11.8. The van der Waals surface area contributed by atoms with Crippen LogP contribution in [-0.4, -0.2) is 17.5 Å². The highest BCUT2D eigenvalue weighted by Crippen LogP contribution is 2.23. The lowest BCUT2D eigenvalue weighted by molar-refractivity contribution is -0.0499. The Morgan fingerprint density at radius 1 is 1.43 bits per heavy atom. The van der Waals surface area contributed by atoms with Crippen LogP contribution in [0.2, 0.25) is 0 Å². The van der Waals surface area contributed by atoms with Crippen LogP contribution in [-0.2, 0) is 0 Å². The van der Waals surface area contributed by atoms with Crippen LogP contribution in [0, 0.1) is 0 Å². The number of benzene rings is 1. The number of phenols is 1. The first-order valence-corrected chi connectivity index (χ1v) is 3.79. The Bertz CT molecular complexity index is 350. The molecule has 0 atom stereocenters. The van der Waals surface area contributed by atoms with Crippen molar-refractivity contribution in [1.29, 1.82) is 0 Å². The number of carbonyl (C=O) groups excluding carboxylic acids is 1. The first-order valence-electron chi connectivity index (χ1n) is 3.79. The van der Waals surface area contributed by atoms with Gasteiger partial charge < -0.3 is 9.84 Å². The molecule has 0 aliphatic heterocycles. The van der Waals surface area contributed by atoms with Gasteiger partial charge in [0.1, 0.15) is 11.5 Å². The zero-order chi connectivity index (χ0) is 10.7. The smallest absolute Gasteiger partial charge is 0.387 e. The molecule has 1 N–H and O–H groups in total. The standard InChI is InChI=1S/C9H8F2O3/c1-5(12)6-2-7(13)4-8(3-6)14-9(10)11/h2-4,9,13H,1H3. The van der Waals surface area contributed by atoms with Crippen molar-refractivity contribution in [3.8, 4) is 11.5 Å². The average molecular weight is 202 g/mol. The van der Waals surface area contributed by atoms with Gasteiger partial charge in [0.15, 0.2) is 5.78 Å². The highest BCUT2D eigenvalue weighted by atomic mass is 19.3. The maximum absolute atomic E-state index is 11.8. The summed E-state index contributed by atoms with van der Waals surface area (Å²) in [6.45, 7) is -1.71. The predicted molar refractivity (Wildman–Crippen MR) is 44.7 cm³/mol. The summed E-state index contributed by atoms with van der Waals surface area (Å²) in [5.41, 5.74) is 0.126. The van der Waals surface area contributed by atoms with E-state index in [1.165, 1.54) is 13.0 Å². The Morgan fingerprint density at radius 2 is 2.07 bits per heavy atom. The van der Waals surface area contributed by atoms with Gasteiger partial charge in [0.05, 0.1) is 0 Å². The summed E-state index contributed by atoms with van der Waals surface area (Å²) >= 11 is 0. The lowest BCUT2D eigenvalue weighted by Gasteiger charge is -2.06. The second-order valence-corrected chi connectivity index (χ2v) is 2.65. The number of ether oxygens (including phenoxy) is 1. The molecule has 5 heteroatoms. The number of ketones is 1. The van der Waals surface area contributed by atoms with Crippen LogP contribution >= 0.6 is 0 Å². The molecule has 1 rings (SSSR count). The Labute approximate surface area is 78.9 Å². The third kappa shape index (κ3) is 2.69. The van der Waals surface area contributed by atoms with Crippen molar-refractivity contribution in [2.45, 2.75) is 13.5 Å². The number of rotatable bonds is 3. The molecule has 0 saturated heterocycles. The number of hydrogen-bond donors (Lipinski definition) is 1. The van der Waals surface area contributed by atoms with Gasteiger partial charge in [-0.15, -0.1) is 0 Å². The molecule has 1 aromatic rings. The number of hydrogen-bond acceptors (Lipinski definition) is 3. The van der Waals surface area contributed by atoms with E-state index in [4.69, 9.17) is 5.11 Å². The van der Waals surface area contributed by atoms with Gasteiger partial charge in [-0.25, -0.2) is 0 Å². The monoisotopic (exact) mass is 202 g/mol. The summed E-state index contributed by atoms with van der Waals surface area (Å²) in [7, 11) is 0. The zero-order valence-corrected chi connectivity index (χ0v) is 7.33. The van der Waals surface area contributed by atoms with Crippen LogP contribution in [0.5, 0.6) is 11.5 Å². The molecule has 0 radical (unpaired) electrons. The zero-order valence-electron chi connectivity index (χ0n) is 7.33. The SMILES string of the molecule is CC(=O)c1cc(O)cc(OC(F)F)c1. The van der Waals surface area contributed by atoms with Gasteiger partial charge in [0.2, 0.25) is 0 Å². The minimum atomic E-state index is -2.98. The average Bonchev–Trinajstić information content (AvgIpc) is 2.01. The van der Waals surface area contributed by atoms with Crippen molar-refractivity contribution in [2.24, 2.45) is 0 Å². The summed E-state index contributed by atoms with van der Waals surface area (Å²) < 4.78 is 27.6. The fraction of sp³-hybridized carbons (Fsp3) is 0.222. The molecule has 14 heavy (non-hydrogen) atoms. The van der Waals surface area contributed by atoms with E-state index >= 15 is 0 Å². The topological polar surface area (TPSA) is 46.5 Å². The molecule has 76 valence electrons. The Kier molecular flexibility index (Phi) is 3.01. The number of Topliss-reactive ketones (excluding diaryl/α,β-unsaturated/α-hetero) is 1. The van der Waals surface area contributed by atoms with Crippen molar-refractivity contribution >= 4 is 5.78 Å². The van der Waals surface area contributed by atoms with Gasteiger partial charge in [-0.2, -0.15) is 8.78 Å². The molecule has 3 nitrogen and oxygen atoms in total. The number of halogens is 2. The highest BCUT2D eigenvalue weighted by molar-refractivity contribution is 5.94. The van der Waals surface area contributed by atoms with Crippen molar-refractivity contribution in [3.05, 3.63) is 23.8 Å². The summed E-state index contributed by atoms with van der Waals surface area (Å²) in [6.07, 6.45) is 0. The third-order valence-corrected chi connectivity index (χ3v) is 1.52. The van der Waals surface area contributed by atoms with E-state index in [0.717, 1.165) is 12.1 Å². The summed E-state index contributed by atoms with van der Waals surface area (Å²) in [6, 6.07) is 3.34. The third-order valence-electron chi connectivity index (χ3n) is 1.52. The van der Waals surface area contributed by atoms with Crippen LogP contribution in [0.3, 0.4) is 0 Å². The van der Waals surface area contributed by atoms with E-state index in [2.05, 4.69) is 4.74 Å². The number of phenolic OH excluding ortho intramolecular Hbond substituents is 1. The number of carbonyl (C=O) groups is 1. The van der Waals surface area contributed by atoms with Crippen molar-refractivity contribution in [1.82, 2.24) is 0 Å². The normalized spacial score (nSPS) is 10.3. The molecule has 0 amide bonds. The van der Waals surface area contributed by atoms with Gasteiger partial charge in [-0.1, -0.05) is 0 Å². The van der Waals surface area contributed by atoms with Gasteiger partial charge in [0.25, 0.3) is 0 Å².